The van der Waals surface area contributed by atoms with Gasteiger partial charge in [0.1, 0.15) is 23.9 Å². The van der Waals surface area contributed by atoms with Crippen molar-refractivity contribution in [2.45, 2.75) is 13.8 Å². The molecule has 128 valence electrons. The molecular weight excluding hydrogens is 347 g/mol. The number of hydrogen-bond acceptors (Lipinski definition) is 4. The summed E-state index contributed by atoms with van der Waals surface area (Å²) in [5, 5.41) is 0.182. The largest absolute Gasteiger partial charge is 0.486 e. The molecule has 0 atom stereocenters. The molecule has 4 nitrogen and oxygen atoms in total. The van der Waals surface area contributed by atoms with Crippen molar-refractivity contribution in [3.8, 4) is 11.5 Å². The first-order valence-corrected chi connectivity index (χ1v) is 7.89. The van der Waals surface area contributed by atoms with Crippen LogP contribution in [0.3, 0.4) is 0 Å². The highest BCUT2D eigenvalue weighted by atomic mass is 35.5. The van der Waals surface area contributed by atoms with Crippen molar-refractivity contribution in [1.29, 1.82) is 0 Å². The van der Waals surface area contributed by atoms with Crippen LogP contribution in [-0.2, 0) is 4.79 Å². The van der Waals surface area contributed by atoms with E-state index in [-0.39, 0.29) is 34.5 Å². The number of rotatable bonds is 4. The molecular formula is C19H14ClFO4. The van der Waals surface area contributed by atoms with Gasteiger partial charge in [-0.25, -0.2) is 4.39 Å². The van der Waals surface area contributed by atoms with Crippen LogP contribution in [0, 0.1) is 12.7 Å². The predicted octanol–water partition coefficient (Wildman–Crippen LogP) is 4.37. The van der Waals surface area contributed by atoms with Gasteiger partial charge in [-0.2, -0.15) is 0 Å². The zero-order valence-electron chi connectivity index (χ0n) is 13.6. The van der Waals surface area contributed by atoms with Crippen molar-refractivity contribution < 1.29 is 23.5 Å². The molecule has 3 rings (SSSR count). The standard InChI is InChI=1S/C19H14ClFO4/c1-10-6-12(24-9-11(2)22)7-16-18(10)19(23)17(25-16)8-13-14(20)4-3-5-15(13)21/h3-8H,9H2,1-2H3/b17-8-. The number of ketones is 2. The Labute approximate surface area is 148 Å². The third kappa shape index (κ3) is 3.42. The van der Waals surface area contributed by atoms with Gasteiger partial charge in [-0.1, -0.05) is 17.7 Å². The topological polar surface area (TPSA) is 52.6 Å². The van der Waals surface area contributed by atoms with Gasteiger partial charge in [-0.05, 0) is 43.7 Å². The van der Waals surface area contributed by atoms with E-state index in [1.54, 1.807) is 13.0 Å². The number of hydrogen-bond donors (Lipinski definition) is 0. The SMILES string of the molecule is CC(=O)COc1cc(C)c2c(c1)O/C(=C\c1c(F)cccc1Cl)C2=O. The summed E-state index contributed by atoms with van der Waals surface area (Å²) < 4.78 is 24.9. The van der Waals surface area contributed by atoms with E-state index in [4.69, 9.17) is 21.1 Å². The second-order valence-electron chi connectivity index (χ2n) is 5.68. The average molecular weight is 361 g/mol. The molecule has 1 heterocycles. The van der Waals surface area contributed by atoms with E-state index < -0.39 is 5.82 Å². The summed E-state index contributed by atoms with van der Waals surface area (Å²) in [7, 11) is 0. The van der Waals surface area contributed by atoms with Gasteiger partial charge in [-0.15, -0.1) is 0 Å². The number of carbonyl (C=O) groups is 2. The van der Waals surface area contributed by atoms with E-state index in [1.807, 2.05) is 0 Å². The molecule has 6 heteroatoms. The normalized spacial score (nSPS) is 14.4. The van der Waals surface area contributed by atoms with Crippen molar-refractivity contribution in [3.63, 3.8) is 0 Å². The molecule has 0 unspecified atom stereocenters. The maximum atomic E-state index is 13.9. The molecule has 25 heavy (non-hydrogen) atoms. The van der Waals surface area contributed by atoms with Crippen molar-refractivity contribution in [2.24, 2.45) is 0 Å². The Balaban J connectivity index is 1.97. The molecule has 0 fully saturated rings. The molecule has 0 saturated carbocycles. The fourth-order valence-electron chi connectivity index (χ4n) is 2.53. The minimum atomic E-state index is -0.547. The van der Waals surface area contributed by atoms with Crippen molar-refractivity contribution in [2.75, 3.05) is 6.61 Å². The van der Waals surface area contributed by atoms with E-state index in [0.717, 1.165) is 0 Å². The number of carbonyl (C=O) groups excluding carboxylic acids is 2. The van der Waals surface area contributed by atoms with Crippen LogP contribution in [0.25, 0.3) is 6.08 Å². The van der Waals surface area contributed by atoms with Crippen LogP contribution in [0.1, 0.15) is 28.4 Å². The lowest BCUT2D eigenvalue weighted by Gasteiger charge is -2.07. The highest BCUT2D eigenvalue weighted by molar-refractivity contribution is 6.32. The van der Waals surface area contributed by atoms with E-state index >= 15 is 0 Å². The lowest BCUT2D eigenvalue weighted by molar-refractivity contribution is -0.118. The number of aryl methyl sites for hydroxylation is 1. The molecule has 0 radical (unpaired) electrons. The zero-order valence-corrected chi connectivity index (χ0v) is 14.3. The Bertz CT molecular complexity index is 898. The average Bonchev–Trinajstić information content (AvgIpc) is 2.85. The number of Topliss-reactive ketones (excluding diaryl/α,β-unsaturated/α-hetero) is 2. The maximum absolute atomic E-state index is 13.9. The Morgan fingerprint density at radius 2 is 2.12 bits per heavy atom. The summed E-state index contributed by atoms with van der Waals surface area (Å²) >= 11 is 5.99. The second-order valence-corrected chi connectivity index (χ2v) is 6.09. The van der Waals surface area contributed by atoms with Crippen LogP contribution >= 0.6 is 11.6 Å². The summed E-state index contributed by atoms with van der Waals surface area (Å²) in [5.41, 5.74) is 1.11. The molecule has 1 aliphatic rings. The fraction of sp³-hybridized carbons (Fsp3) is 0.158. The van der Waals surface area contributed by atoms with Gasteiger partial charge < -0.3 is 9.47 Å². The van der Waals surface area contributed by atoms with Crippen LogP contribution < -0.4 is 9.47 Å². The highest BCUT2D eigenvalue weighted by Crippen LogP contribution is 2.38. The lowest BCUT2D eigenvalue weighted by atomic mass is 10.0. The Kier molecular flexibility index (Phi) is 4.59. The van der Waals surface area contributed by atoms with Gasteiger partial charge in [0.15, 0.2) is 11.5 Å². The van der Waals surface area contributed by atoms with Crippen LogP contribution in [0.15, 0.2) is 36.1 Å². The van der Waals surface area contributed by atoms with E-state index in [9.17, 15) is 14.0 Å². The summed E-state index contributed by atoms with van der Waals surface area (Å²) in [5.74, 6) is -0.315. The molecule has 0 aromatic heterocycles. The first-order chi connectivity index (χ1) is 11.9. The van der Waals surface area contributed by atoms with Crippen LogP contribution in [-0.4, -0.2) is 18.2 Å². The zero-order chi connectivity index (χ0) is 18.1. The van der Waals surface area contributed by atoms with Gasteiger partial charge in [0.2, 0.25) is 5.78 Å². The number of ether oxygens (including phenoxy) is 2. The van der Waals surface area contributed by atoms with Gasteiger partial charge >= 0.3 is 0 Å². The fourth-order valence-corrected chi connectivity index (χ4v) is 2.74. The third-order valence-corrected chi connectivity index (χ3v) is 3.99. The van der Waals surface area contributed by atoms with Gasteiger partial charge in [0.25, 0.3) is 0 Å². The molecule has 2 aromatic carbocycles. The summed E-state index contributed by atoms with van der Waals surface area (Å²) in [6, 6.07) is 7.45. The Morgan fingerprint density at radius 3 is 2.80 bits per heavy atom. The molecule has 2 aromatic rings. The summed E-state index contributed by atoms with van der Waals surface area (Å²) in [6.45, 7) is 3.08. The molecule has 0 N–H and O–H groups in total. The highest BCUT2D eigenvalue weighted by Gasteiger charge is 2.30. The minimum absolute atomic E-state index is 0.0196. The van der Waals surface area contributed by atoms with Gasteiger partial charge in [-0.3, -0.25) is 9.59 Å². The first kappa shape index (κ1) is 17.2. The first-order valence-electron chi connectivity index (χ1n) is 7.52. The quantitative estimate of drug-likeness (QED) is 0.760. The Morgan fingerprint density at radius 1 is 1.36 bits per heavy atom. The lowest BCUT2D eigenvalue weighted by Crippen LogP contribution is -2.07. The summed E-state index contributed by atoms with van der Waals surface area (Å²) in [6.07, 6.45) is 1.29. The van der Waals surface area contributed by atoms with Crippen molar-refractivity contribution in [3.05, 3.63) is 63.6 Å². The van der Waals surface area contributed by atoms with Crippen molar-refractivity contribution >= 4 is 29.2 Å². The monoisotopic (exact) mass is 360 g/mol. The van der Waals surface area contributed by atoms with Crippen molar-refractivity contribution in [1.82, 2.24) is 0 Å². The molecule has 1 aliphatic heterocycles. The van der Waals surface area contributed by atoms with Gasteiger partial charge in [0.05, 0.1) is 10.6 Å². The van der Waals surface area contributed by atoms with E-state index in [1.165, 1.54) is 37.3 Å². The van der Waals surface area contributed by atoms with E-state index in [0.29, 0.717) is 22.6 Å². The maximum Gasteiger partial charge on any atom is 0.232 e. The molecule has 0 amide bonds. The minimum Gasteiger partial charge on any atom is -0.486 e. The smallest absolute Gasteiger partial charge is 0.232 e. The van der Waals surface area contributed by atoms with Crippen LogP contribution in [0.5, 0.6) is 11.5 Å². The predicted molar refractivity (Wildman–Crippen MR) is 91.7 cm³/mol. The molecule has 0 aliphatic carbocycles. The molecule has 0 spiro atoms. The summed E-state index contributed by atoms with van der Waals surface area (Å²) in [4.78, 5) is 23.6. The number of halogens is 2. The van der Waals surface area contributed by atoms with Gasteiger partial charge in [0, 0.05) is 11.6 Å². The molecule has 0 bridgehead atoms. The van der Waals surface area contributed by atoms with Crippen LogP contribution in [0.2, 0.25) is 5.02 Å². The second kappa shape index (κ2) is 6.69. The number of fused-ring (bicyclic) bond motifs is 1. The Hall–Kier alpha value is -2.66. The molecule has 0 saturated heterocycles. The van der Waals surface area contributed by atoms with Crippen LogP contribution in [0.4, 0.5) is 4.39 Å². The van der Waals surface area contributed by atoms with E-state index in [2.05, 4.69) is 0 Å². The number of benzene rings is 2. The number of allylic oxidation sites excluding steroid dienone is 1. The third-order valence-electron chi connectivity index (χ3n) is 3.66.